The zero-order valence-electron chi connectivity index (χ0n) is 17.4. The van der Waals surface area contributed by atoms with E-state index in [2.05, 4.69) is 34.5 Å². The molecule has 1 aliphatic rings. The van der Waals surface area contributed by atoms with Gasteiger partial charge in [0.1, 0.15) is 0 Å². The first-order valence-electron chi connectivity index (χ1n) is 9.90. The first-order chi connectivity index (χ1) is 15.3. The van der Waals surface area contributed by atoms with E-state index in [1.165, 1.54) is 18.2 Å². The topological polar surface area (TPSA) is 100 Å². The van der Waals surface area contributed by atoms with Crippen LogP contribution in [-0.4, -0.2) is 30.0 Å². The van der Waals surface area contributed by atoms with Gasteiger partial charge in [-0.15, -0.1) is 0 Å². The van der Waals surface area contributed by atoms with Gasteiger partial charge in [0.15, 0.2) is 17.2 Å². The first-order valence-corrected chi connectivity index (χ1v) is 11.4. The highest BCUT2D eigenvalue weighted by Crippen LogP contribution is 2.36. The summed E-state index contributed by atoms with van der Waals surface area (Å²) in [4.78, 5) is 27.1. The minimum Gasteiger partial charge on any atom is -0.490 e. The first kappa shape index (κ1) is 24.0. The van der Waals surface area contributed by atoms with E-state index in [0.717, 1.165) is 16.4 Å². The number of carbonyl (C=O) groups is 1. The van der Waals surface area contributed by atoms with Crippen molar-refractivity contribution in [3.8, 4) is 11.5 Å². The number of nitrogens with zero attached hydrogens (tertiary/aromatic N) is 2. The number of rotatable bonds is 9. The van der Waals surface area contributed by atoms with Crippen molar-refractivity contribution in [3.05, 3.63) is 65.9 Å². The zero-order chi connectivity index (χ0) is 23.3. The maximum Gasteiger partial charge on any atom is 0.363 e. The molecule has 0 radical (unpaired) electrons. The molecule has 0 fully saturated rings. The molecule has 1 heterocycles. The van der Waals surface area contributed by atoms with Gasteiger partial charge in [-0.25, -0.2) is 9.79 Å². The van der Waals surface area contributed by atoms with Crippen LogP contribution in [-0.2, 0) is 9.53 Å². The Bertz CT molecular complexity index is 1120. The van der Waals surface area contributed by atoms with Crippen molar-refractivity contribution in [3.63, 3.8) is 0 Å². The van der Waals surface area contributed by atoms with Crippen LogP contribution in [0.3, 0.4) is 0 Å². The van der Waals surface area contributed by atoms with Crippen molar-refractivity contribution in [2.24, 2.45) is 4.99 Å². The maximum absolute atomic E-state index is 12.4. The summed E-state index contributed by atoms with van der Waals surface area (Å²) in [6.45, 7) is 5.00. The lowest BCUT2D eigenvalue weighted by atomic mass is 10.1. The predicted molar refractivity (Wildman–Crippen MR) is 129 cm³/mol. The van der Waals surface area contributed by atoms with Crippen molar-refractivity contribution < 1.29 is 23.9 Å². The number of ether oxygens (including phenoxy) is 3. The van der Waals surface area contributed by atoms with E-state index >= 15 is 0 Å². The fourth-order valence-electron chi connectivity index (χ4n) is 2.87. The molecular formula is C22H20ClIN2O6. The standard InChI is InChI=1S/C22H20ClIN2O6/c1-3-5-8-31-20-17(24)9-13(11-19(20)30-4-2)10-18-22(27)32-21(25-18)15-12-14(26(28)29)6-7-16(15)23/h6-7,9-12H,3-5,8H2,1-2H3/b18-10-. The molecule has 2 aromatic carbocycles. The zero-order valence-corrected chi connectivity index (χ0v) is 20.3. The number of nitro groups is 1. The monoisotopic (exact) mass is 570 g/mol. The number of non-ortho nitro benzene ring substituents is 1. The normalized spacial score (nSPS) is 14.3. The van der Waals surface area contributed by atoms with Crippen LogP contribution in [0.4, 0.5) is 5.69 Å². The number of halogens is 2. The number of hydrogen-bond donors (Lipinski definition) is 0. The molecule has 0 atom stereocenters. The highest BCUT2D eigenvalue weighted by molar-refractivity contribution is 14.1. The van der Waals surface area contributed by atoms with E-state index in [1.54, 1.807) is 12.1 Å². The summed E-state index contributed by atoms with van der Waals surface area (Å²) in [5.41, 5.74) is 0.695. The van der Waals surface area contributed by atoms with Gasteiger partial charge < -0.3 is 14.2 Å². The van der Waals surface area contributed by atoms with Gasteiger partial charge in [0.2, 0.25) is 5.90 Å². The molecule has 0 N–H and O–H groups in total. The number of unbranched alkanes of at least 4 members (excludes halogenated alkanes) is 1. The molecule has 2 aromatic rings. The molecule has 0 unspecified atom stereocenters. The number of esters is 1. The van der Waals surface area contributed by atoms with Gasteiger partial charge in [0.05, 0.1) is 32.3 Å². The van der Waals surface area contributed by atoms with Gasteiger partial charge in [-0.3, -0.25) is 10.1 Å². The number of hydrogen-bond acceptors (Lipinski definition) is 7. The number of benzene rings is 2. The molecule has 0 aromatic heterocycles. The molecule has 10 heteroatoms. The number of nitro benzene ring substituents is 1. The Hall–Kier alpha value is -2.66. The summed E-state index contributed by atoms with van der Waals surface area (Å²) in [6.07, 6.45) is 3.50. The largest absolute Gasteiger partial charge is 0.490 e. The highest BCUT2D eigenvalue weighted by atomic mass is 127. The third-order valence-corrected chi connectivity index (χ3v) is 5.52. The van der Waals surface area contributed by atoms with Crippen molar-refractivity contribution in [1.29, 1.82) is 0 Å². The predicted octanol–water partition coefficient (Wildman–Crippen LogP) is 5.77. The van der Waals surface area contributed by atoms with Crippen LogP contribution in [0.1, 0.15) is 37.8 Å². The second kappa shape index (κ2) is 10.8. The lowest BCUT2D eigenvalue weighted by Crippen LogP contribution is -2.06. The minimum absolute atomic E-state index is 0.0421. The second-order valence-electron chi connectivity index (χ2n) is 6.72. The average Bonchev–Trinajstić information content (AvgIpc) is 3.10. The third-order valence-electron chi connectivity index (χ3n) is 4.39. The fraction of sp³-hybridized carbons (Fsp3) is 0.273. The van der Waals surface area contributed by atoms with E-state index in [4.69, 9.17) is 25.8 Å². The van der Waals surface area contributed by atoms with Crippen molar-refractivity contribution in [1.82, 2.24) is 0 Å². The molecule has 0 spiro atoms. The van der Waals surface area contributed by atoms with Gasteiger partial charge in [-0.2, -0.15) is 0 Å². The Labute approximate surface area is 203 Å². The fourth-order valence-corrected chi connectivity index (χ4v) is 3.85. The highest BCUT2D eigenvalue weighted by Gasteiger charge is 2.27. The Kier molecular flexibility index (Phi) is 8.08. The molecule has 0 bridgehead atoms. The van der Waals surface area contributed by atoms with E-state index in [1.807, 2.05) is 13.0 Å². The lowest BCUT2D eigenvalue weighted by molar-refractivity contribution is -0.384. The quantitative estimate of drug-likeness (QED) is 0.0947. The SMILES string of the molecule is CCCCOc1c(I)cc(/C=C2\N=C(c3cc([N+](=O)[O-])ccc3Cl)OC2=O)cc1OCC. The molecular weight excluding hydrogens is 551 g/mol. The molecule has 0 saturated heterocycles. The van der Waals surface area contributed by atoms with Gasteiger partial charge in [0, 0.05) is 12.1 Å². The van der Waals surface area contributed by atoms with E-state index in [0.29, 0.717) is 30.3 Å². The number of aliphatic imine (C=N–C) groups is 1. The van der Waals surface area contributed by atoms with Gasteiger partial charge in [0.25, 0.3) is 5.69 Å². The Morgan fingerprint density at radius 1 is 1.25 bits per heavy atom. The van der Waals surface area contributed by atoms with Crippen LogP contribution >= 0.6 is 34.2 Å². The van der Waals surface area contributed by atoms with Crippen molar-refractivity contribution in [2.75, 3.05) is 13.2 Å². The number of carbonyl (C=O) groups excluding carboxylic acids is 1. The molecule has 0 amide bonds. The molecule has 0 aliphatic carbocycles. The minimum atomic E-state index is -0.682. The van der Waals surface area contributed by atoms with Crippen LogP contribution < -0.4 is 9.47 Å². The smallest absolute Gasteiger partial charge is 0.363 e. The van der Waals surface area contributed by atoms with Crippen LogP contribution in [0.15, 0.2) is 41.0 Å². The van der Waals surface area contributed by atoms with Crippen molar-refractivity contribution in [2.45, 2.75) is 26.7 Å². The maximum atomic E-state index is 12.4. The molecule has 168 valence electrons. The van der Waals surface area contributed by atoms with Crippen LogP contribution in [0, 0.1) is 13.7 Å². The molecule has 32 heavy (non-hydrogen) atoms. The van der Waals surface area contributed by atoms with E-state index < -0.39 is 10.9 Å². The van der Waals surface area contributed by atoms with Gasteiger partial charge >= 0.3 is 5.97 Å². The summed E-state index contributed by atoms with van der Waals surface area (Å²) in [6, 6.07) is 7.46. The second-order valence-corrected chi connectivity index (χ2v) is 8.29. The Balaban J connectivity index is 1.96. The van der Waals surface area contributed by atoms with Gasteiger partial charge in [-0.05, 0) is 65.8 Å². The Morgan fingerprint density at radius 3 is 2.72 bits per heavy atom. The van der Waals surface area contributed by atoms with Crippen LogP contribution in [0.5, 0.6) is 11.5 Å². The molecule has 3 rings (SSSR count). The molecule has 1 aliphatic heterocycles. The molecule has 8 nitrogen and oxygen atoms in total. The number of cyclic esters (lactones) is 1. The van der Waals surface area contributed by atoms with Crippen LogP contribution in [0.2, 0.25) is 5.02 Å². The summed E-state index contributed by atoms with van der Waals surface area (Å²) in [5, 5.41) is 11.2. The van der Waals surface area contributed by atoms with E-state index in [-0.39, 0.29) is 27.9 Å². The molecule has 0 saturated carbocycles. The summed E-state index contributed by atoms with van der Waals surface area (Å²) >= 11 is 8.29. The average molecular weight is 571 g/mol. The summed E-state index contributed by atoms with van der Waals surface area (Å²) in [5.74, 6) is 0.456. The summed E-state index contributed by atoms with van der Waals surface area (Å²) < 4.78 is 17.7. The van der Waals surface area contributed by atoms with E-state index in [9.17, 15) is 14.9 Å². The van der Waals surface area contributed by atoms with Gasteiger partial charge in [-0.1, -0.05) is 24.9 Å². The Morgan fingerprint density at radius 2 is 2.03 bits per heavy atom. The van der Waals surface area contributed by atoms with Crippen molar-refractivity contribution >= 4 is 57.8 Å². The third kappa shape index (κ3) is 5.57. The lowest BCUT2D eigenvalue weighted by Gasteiger charge is -2.14. The van der Waals surface area contributed by atoms with Crippen LogP contribution in [0.25, 0.3) is 6.08 Å². The summed E-state index contributed by atoms with van der Waals surface area (Å²) in [7, 11) is 0.